The molecule has 4 rings (SSSR count). The van der Waals surface area contributed by atoms with Gasteiger partial charge in [0, 0.05) is 29.7 Å². The van der Waals surface area contributed by atoms with Crippen molar-refractivity contribution < 1.29 is 23.5 Å². The van der Waals surface area contributed by atoms with Crippen molar-refractivity contribution in [2.24, 2.45) is 5.73 Å². The normalized spacial score (nSPS) is 14.4. The topological polar surface area (TPSA) is 109 Å². The summed E-state index contributed by atoms with van der Waals surface area (Å²) >= 11 is 0. The van der Waals surface area contributed by atoms with E-state index in [4.69, 9.17) is 10.2 Å². The highest BCUT2D eigenvalue weighted by atomic mass is 19.1. The first kappa shape index (κ1) is 19.9. The Balaban J connectivity index is 1.68. The number of carbonyl (C=O) groups is 2. The van der Waals surface area contributed by atoms with Crippen LogP contribution in [-0.2, 0) is 17.8 Å². The number of amides is 2. The van der Waals surface area contributed by atoms with Crippen molar-refractivity contribution in [3.05, 3.63) is 64.7 Å². The molecular weight excluding hydrogens is 389 g/mol. The molecule has 2 amide bonds. The van der Waals surface area contributed by atoms with Crippen molar-refractivity contribution in [2.75, 3.05) is 18.1 Å². The number of hydrogen-bond acceptors (Lipinski definition) is 5. The molecule has 0 radical (unpaired) electrons. The van der Waals surface area contributed by atoms with Crippen LogP contribution in [0.2, 0.25) is 0 Å². The number of fused-ring (bicyclic) bond motifs is 2. The first-order valence-electron chi connectivity index (χ1n) is 9.64. The van der Waals surface area contributed by atoms with E-state index < -0.39 is 24.5 Å². The number of nitrogens with zero attached hydrogens (tertiary/aromatic N) is 1. The number of aliphatic hydroxyl groups is 1. The number of benzene rings is 2. The van der Waals surface area contributed by atoms with E-state index in [1.807, 2.05) is 18.2 Å². The lowest BCUT2D eigenvalue weighted by Gasteiger charge is -2.31. The Morgan fingerprint density at radius 3 is 2.87 bits per heavy atom. The van der Waals surface area contributed by atoms with Gasteiger partial charge in [-0.1, -0.05) is 12.1 Å². The van der Waals surface area contributed by atoms with Crippen molar-refractivity contribution in [3.63, 3.8) is 0 Å². The number of aryl methyl sites for hydroxylation is 1. The molecule has 1 aromatic heterocycles. The number of nitrogens with one attached hydrogen (secondary N) is 1. The number of anilines is 1. The van der Waals surface area contributed by atoms with E-state index in [0.29, 0.717) is 35.4 Å². The van der Waals surface area contributed by atoms with Gasteiger partial charge in [0.2, 0.25) is 5.91 Å². The molecule has 156 valence electrons. The van der Waals surface area contributed by atoms with Crippen LogP contribution in [0.3, 0.4) is 0 Å². The smallest absolute Gasteiger partial charge is 0.256 e. The second-order valence-corrected chi connectivity index (χ2v) is 7.37. The van der Waals surface area contributed by atoms with Gasteiger partial charge in [0.1, 0.15) is 23.2 Å². The monoisotopic (exact) mass is 411 g/mol. The van der Waals surface area contributed by atoms with Crippen LogP contribution in [0.15, 0.2) is 40.8 Å². The SMILES string of the molecule is Cc1oc2ccc(N3CCc4cccc(F)c4C3)cc2c1C(=O)N[C@@H](CO)C(N)=O. The summed E-state index contributed by atoms with van der Waals surface area (Å²) < 4.78 is 19.9. The van der Waals surface area contributed by atoms with Crippen LogP contribution in [0.5, 0.6) is 0 Å². The highest BCUT2D eigenvalue weighted by molar-refractivity contribution is 6.09. The Morgan fingerprint density at radius 2 is 2.13 bits per heavy atom. The second kappa shape index (κ2) is 7.79. The summed E-state index contributed by atoms with van der Waals surface area (Å²) in [6, 6.07) is 9.40. The lowest BCUT2D eigenvalue weighted by atomic mass is 9.98. The van der Waals surface area contributed by atoms with Crippen LogP contribution >= 0.6 is 0 Å². The van der Waals surface area contributed by atoms with Crippen LogP contribution < -0.4 is 16.0 Å². The zero-order valence-corrected chi connectivity index (χ0v) is 16.4. The first-order valence-corrected chi connectivity index (χ1v) is 9.64. The van der Waals surface area contributed by atoms with Crippen molar-refractivity contribution in [3.8, 4) is 0 Å². The zero-order chi connectivity index (χ0) is 21.4. The predicted octanol–water partition coefficient (Wildman–Crippen LogP) is 2.02. The molecule has 30 heavy (non-hydrogen) atoms. The fourth-order valence-electron chi connectivity index (χ4n) is 3.88. The molecule has 8 heteroatoms. The standard InChI is InChI=1S/C22H22FN3O4/c1-12-20(22(29)25-18(11-27)21(24)28)15-9-14(5-6-19(15)30-12)26-8-7-13-3-2-4-17(23)16(13)10-26/h2-6,9,18,27H,7-8,10-11H2,1H3,(H2,24,28)(H,25,29)/t18-/m0/s1. The Kier molecular flexibility index (Phi) is 5.17. The minimum atomic E-state index is -1.19. The first-order chi connectivity index (χ1) is 14.4. The van der Waals surface area contributed by atoms with E-state index in [-0.39, 0.29) is 11.4 Å². The summed E-state index contributed by atoms with van der Waals surface area (Å²) in [5.74, 6) is -1.22. The molecule has 1 atom stereocenters. The van der Waals surface area contributed by atoms with E-state index >= 15 is 0 Å². The van der Waals surface area contributed by atoms with E-state index in [1.54, 1.807) is 19.1 Å². The molecule has 1 aliphatic heterocycles. The molecule has 0 aliphatic carbocycles. The van der Waals surface area contributed by atoms with Crippen LogP contribution in [0.25, 0.3) is 11.0 Å². The highest BCUT2D eigenvalue weighted by Gasteiger charge is 2.25. The third kappa shape index (κ3) is 3.50. The molecule has 3 aromatic rings. The van der Waals surface area contributed by atoms with E-state index in [1.165, 1.54) is 6.07 Å². The third-order valence-corrected chi connectivity index (χ3v) is 5.49. The summed E-state index contributed by atoms with van der Waals surface area (Å²) in [5, 5.41) is 12.3. The second-order valence-electron chi connectivity index (χ2n) is 7.37. The summed E-state index contributed by atoms with van der Waals surface area (Å²) in [7, 11) is 0. The lowest BCUT2D eigenvalue weighted by molar-refractivity contribution is -0.120. The number of rotatable bonds is 5. The van der Waals surface area contributed by atoms with Gasteiger partial charge < -0.3 is 25.5 Å². The average molecular weight is 411 g/mol. The maximum absolute atomic E-state index is 14.3. The number of aliphatic hydroxyl groups excluding tert-OH is 1. The minimum Gasteiger partial charge on any atom is -0.461 e. The zero-order valence-electron chi connectivity index (χ0n) is 16.4. The summed E-state index contributed by atoms with van der Waals surface area (Å²) in [6.45, 7) is 2.20. The van der Waals surface area contributed by atoms with E-state index in [0.717, 1.165) is 17.7 Å². The molecule has 4 N–H and O–H groups in total. The fraction of sp³-hybridized carbons (Fsp3) is 0.273. The summed E-state index contributed by atoms with van der Waals surface area (Å²) in [5.41, 5.74) is 8.51. The Labute approximate surface area is 172 Å². The van der Waals surface area contributed by atoms with Gasteiger partial charge in [-0.25, -0.2) is 4.39 Å². The van der Waals surface area contributed by atoms with Gasteiger partial charge in [-0.3, -0.25) is 9.59 Å². The lowest BCUT2D eigenvalue weighted by Crippen LogP contribution is -2.46. The quantitative estimate of drug-likeness (QED) is 0.595. The maximum atomic E-state index is 14.3. The summed E-state index contributed by atoms with van der Waals surface area (Å²) in [6.07, 6.45) is 0.722. The Hall–Kier alpha value is -3.39. The third-order valence-electron chi connectivity index (χ3n) is 5.49. The molecule has 2 heterocycles. The number of furan rings is 1. The van der Waals surface area contributed by atoms with Gasteiger partial charge in [-0.2, -0.15) is 0 Å². The number of nitrogens with two attached hydrogens (primary N) is 1. The number of hydrogen-bond donors (Lipinski definition) is 3. The Morgan fingerprint density at radius 1 is 1.33 bits per heavy atom. The van der Waals surface area contributed by atoms with Crippen LogP contribution in [0.1, 0.15) is 27.2 Å². The molecule has 0 spiro atoms. The van der Waals surface area contributed by atoms with Gasteiger partial charge in [0.05, 0.1) is 12.2 Å². The maximum Gasteiger partial charge on any atom is 0.256 e. The van der Waals surface area contributed by atoms with Crippen molar-refractivity contribution >= 4 is 28.5 Å². The summed E-state index contributed by atoms with van der Waals surface area (Å²) in [4.78, 5) is 26.2. The van der Waals surface area contributed by atoms with E-state index in [9.17, 15) is 19.1 Å². The number of primary amides is 1. The molecule has 2 aromatic carbocycles. The fourth-order valence-corrected chi connectivity index (χ4v) is 3.88. The van der Waals surface area contributed by atoms with Crippen LogP contribution in [-0.4, -0.2) is 36.1 Å². The van der Waals surface area contributed by atoms with Crippen molar-refractivity contribution in [2.45, 2.75) is 25.9 Å². The predicted molar refractivity (Wildman–Crippen MR) is 110 cm³/mol. The molecule has 7 nitrogen and oxygen atoms in total. The highest BCUT2D eigenvalue weighted by Crippen LogP contribution is 2.32. The van der Waals surface area contributed by atoms with Gasteiger partial charge in [0.15, 0.2) is 0 Å². The Bertz CT molecular complexity index is 1140. The molecule has 0 saturated heterocycles. The minimum absolute atomic E-state index is 0.223. The van der Waals surface area contributed by atoms with Gasteiger partial charge >= 0.3 is 0 Å². The van der Waals surface area contributed by atoms with Gasteiger partial charge in [0.25, 0.3) is 5.91 Å². The molecule has 0 bridgehead atoms. The largest absolute Gasteiger partial charge is 0.461 e. The average Bonchev–Trinajstić information content (AvgIpc) is 3.06. The van der Waals surface area contributed by atoms with E-state index in [2.05, 4.69) is 10.2 Å². The molecule has 0 unspecified atom stereocenters. The molecule has 1 aliphatic rings. The van der Waals surface area contributed by atoms with Crippen molar-refractivity contribution in [1.82, 2.24) is 5.32 Å². The number of carbonyl (C=O) groups excluding carboxylic acids is 2. The van der Waals surface area contributed by atoms with Crippen LogP contribution in [0.4, 0.5) is 10.1 Å². The van der Waals surface area contributed by atoms with Crippen LogP contribution in [0, 0.1) is 12.7 Å². The van der Waals surface area contributed by atoms with Crippen molar-refractivity contribution in [1.29, 1.82) is 0 Å². The molecule has 0 saturated carbocycles. The number of halogens is 1. The van der Waals surface area contributed by atoms with Gasteiger partial charge in [-0.15, -0.1) is 0 Å². The molecular formula is C22H22FN3O4. The van der Waals surface area contributed by atoms with Gasteiger partial charge in [-0.05, 0) is 43.2 Å². The molecule has 0 fully saturated rings.